The van der Waals surface area contributed by atoms with E-state index in [4.69, 9.17) is 0 Å². The van der Waals surface area contributed by atoms with Crippen molar-refractivity contribution in [1.29, 1.82) is 0 Å². The summed E-state index contributed by atoms with van der Waals surface area (Å²) in [6.45, 7) is 4.27. The van der Waals surface area contributed by atoms with Crippen LogP contribution in [0.25, 0.3) is 5.69 Å². The Morgan fingerprint density at radius 1 is 1.03 bits per heavy atom. The number of piperazine rings is 1. The smallest absolute Gasteiger partial charge is 0.273 e. The molecule has 3 aromatic rings. The van der Waals surface area contributed by atoms with Gasteiger partial charge in [-0.15, -0.1) is 16.4 Å². The van der Waals surface area contributed by atoms with E-state index in [-0.39, 0.29) is 11.8 Å². The Morgan fingerprint density at radius 3 is 2.55 bits per heavy atom. The quantitative estimate of drug-likeness (QED) is 0.666. The van der Waals surface area contributed by atoms with Crippen molar-refractivity contribution in [3.8, 4) is 5.69 Å². The Labute approximate surface area is 172 Å². The van der Waals surface area contributed by atoms with Gasteiger partial charge >= 0.3 is 0 Å². The molecule has 1 fully saturated rings. The summed E-state index contributed by atoms with van der Waals surface area (Å²) in [6.07, 6.45) is 1.47. The zero-order valence-corrected chi connectivity index (χ0v) is 16.7. The van der Waals surface area contributed by atoms with E-state index in [2.05, 4.69) is 20.4 Å². The van der Waals surface area contributed by atoms with Gasteiger partial charge in [0.15, 0.2) is 5.69 Å². The average Bonchev–Trinajstić information content (AvgIpc) is 3.47. The van der Waals surface area contributed by atoms with Crippen LogP contribution in [0.1, 0.15) is 20.2 Å². The Morgan fingerprint density at radius 2 is 1.83 bits per heavy atom. The summed E-state index contributed by atoms with van der Waals surface area (Å²) in [5, 5.41) is 13.2. The highest BCUT2D eigenvalue weighted by Gasteiger charge is 2.22. The van der Waals surface area contributed by atoms with E-state index in [1.807, 2.05) is 52.7 Å². The van der Waals surface area contributed by atoms with Gasteiger partial charge in [0.25, 0.3) is 11.8 Å². The molecule has 2 aromatic heterocycles. The fraction of sp³-hybridized carbons (Fsp3) is 0.300. The number of hydrogen-bond acceptors (Lipinski definition) is 6. The molecular weight excluding hydrogens is 388 g/mol. The number of amides is 2. The zero-order valence-electron chi connectivity index (χ0n) is 15.9. The number of para-hydroxylation sites is 1. The van der Waals surface area contributed by atoms with E-state index >= 15 is 0 Å². The number of rotatable bonds is 6. The first-order valence-corrected chi connectivity index (χ1v) is 10.4. The molecule has 1 aliphatic rings. The molecule has 1 N–H and O–H groups in total. The Bertz CT molecular complexity index is 949. The van der Waals surface area contributed by atoms with Crippen molar-refractivity contribution in [1.82, 2.24) is 30.1 Å². The van der Waals surface area contributed by atoms with Crippen LogP contribution in [0.2, 0.25) is 0 Å². The molecule has 150 valence electrons. The maximum atomic E-state index is 12.4. The molecule has 2 amide bonds. The second kappa shape index (κ2) is 8.97. The van der Waals surface area contributed by atoms with E-state index in [1.54, 1.807) is 0 Å². The van der Waals surface area contributed by atoms with Crippen LogP contribution in [0.5, 0.6) is 0 Å². The number of nitrogens with one attached hydrogen (secondary N) is 1. The number of thiophene rings is 1. The zero-order chi connectivity index (χ0) is 20.1. The molecule has 3 heterocycles. The molecule has 0 spiro atoms. The lowest BCUT2D eigenvalue weighted by Gasteiger charge is -2.34. The van der Waals surface area contributed by atoms with E-state index in [9.17, 15) is 9.59 Å². The maximum absolute atomic E-state index is 12.4. The second-order valence-electron chi connectivity index (χ2n) is 6.72. The lowest BCUT2D eigenvalue weighted by Crippen LogP contribution is -2.50. The Kier molecular flexibility index (Phi) is 5.97. The normalized spacial score (nSPS) is 14.7. The molecule has 9 heteroatoms. The van der Waals surface area contributed by atoms with Gasteiger partial charge in [0.05, 0.1) is 16.8 Å². The topological polar surface area (TPSA) is 83.4 Å². The van der Waals surface area contributed by atoms with Gasteiger partial charge in [0.2, 0.25) is 0 Å². The first kappa shape index (κ1) is 19.3. The molecule has 4 rings (SSSR count). The minimum atomic E-state index is -0.237. The van der Waals surface area contributed by atoms with Crippen molar-refractivity contribution in [2.24, 2.45) is 0 Å². The lowest BCUT2D eigenvalue weighted by atomic mass is 10.3. The molecule has 1 aromatic carbocycles. The molecule has 1 saturated heterocycles. The van der Waals surface area contributed by atoms with Gasteiger partial charge in [-0.2, -0.15) is 9.90 Å². The largest absolute Gasteiger partial charge is 0.349 e. The standard InChI is InChI=1S/C20H22N6O2S/c27-19(17-15-22-26(23-17)16-5-2-1-3-6-16)21-8-9-24-10-12-25(13-11-24)20(28)18-7-4-14-29-18/h1-7,14-15H,8-13H2,(H,21,27). The molecular formula is C20H22N6O2S. The monoisotopic (exact) mass is 410 g/mol. The molecule has 0 atom stereocenters. The summed E-state index contributed by atoms with van der Waals surface area (Å²) in [4.78, 5) is 31.1. The SMILES string of the molecule is O=C(NCCN1CCN(C(=O)c2cccs2)CC1)c1cnn(-c2ccccc2)n1. The maximum Gasteiger partial charge on any atom is 0.273 e. The highest BCUT2D eigenvalue weighted by Crippen LogP contribution is 2.13. The van der Waals surface area contributed by atoms with Crippen molar-refractivity contribution in [2.75, 3.05) is 39.3 Å². The predicted octanol–water partition coefficient (Wildman–Crippen LogP) is 1.52. The Balaban J connectivity index is 1.21. The van der Waals surface area contributed by atoms with Gasteiger partial charge < -0.3 is 10.2 Å². The van der Waals surface area contributed by atoms with Crippen molar-refractivity contribution >= 4 is 23.2 Å². The van der Waals surface area contributed by atoms with Gasteiger partial charge in [-0.05, 0) is 23.6 Å². The van der Waals surface area contributed by atoms with E-state index in [1.165, 1.54) is 22.3 Å². The molecule has 0 unspecified atom stereocenters. The van der Waals surface area contributed by atoms with Crippen molar-refractivity contribution in [2.45, 2.75) is 0 Å². The highest BCUT2D eigenvalue weighted by atomic mass is 32.1. The molecule has 0 aliphatic carbocycles. The minimum Gasteiger partial charge on any atom is -0.349 e. The first-order valence-electron chi connectivity index (χ1n) is 9.52. The average molecular weight is 411 g/mol. The molecule has 0 saturated carbocycles. The van der Waals surface area contributed by atoms with Gasteiger partial charge in [0.1, 0.15) is 0 Å². The fourth-order valence-electron chi connectivity index (χ4n) is 3.20. The third-order valence-corrected chi connectivity index (χ3v) is 5.67. The predicted molar refractivity (Wildman–Crippen MR) is 110 cm³/mol. The van der Waals surface area contributed by atoms with E-state index in [0.717, 1.165) is 30.2 Å². The molecule has 1 aliphatic heterocycles. The number of aromatic nitrogens is 3. The third kappa shape index (κ3) is 4.69. The molecule has 0 bridgehead atoms. The summed E-state index contributed by atoms with van der Waals surface area (Å²) < 4.78 is 0. The first-order chi connectivity index (χ1) is 14.2. The number of carbonyl (C=O) groups is 2. The van der Waals surface area contributed by atoms with Crippen LogP contribution < -0.4 is 5.32 Å². The van der Waals surface area contributed by atoms with Gasteiger partial charge in [0, 0.05) is 39.3 Å². The van der Waals surface area contributed by atoms with E-state index < -0.39 is 0 Å². The van der Waals surface area contributed by atoms with Crippen LogP contribution in [0.4, 0.5) is 0 Å². The van der Waals surface area contributed by atoms with E-state index in [0.29, 0.717) is 25.3 Å². The van der Waals surface area contributed by atoms with Crippen LogP contribution in [0.3, 0.4) is 0 Å². The number of benzene rings is 1. The van der Waals surface area contributed by atoms with Crippen LogP contribution in [0, 0.1) is 0 Å². The summed E-state index contributed by atoms with van der Waals surface area (Å²) in [6, 6.07) is 13.2. The lowest BCUT2D eigenvalue weighted by molar-refractivity contribution is 0.0642. The highest BCUT2D eigenvalue weighted by molar-refractivity contribution is 7.12. The summed E-state index contributed by atoms with van der Waals surface area (Å²) in [5.74, 6) is -0.131. The van der Waals surface area contributed by atoms with Gasteiger partial charge in [-0.25, -0.2) is 0 Å². The fourth-order valence-corrected chi connectivity index (χ4v) is 3.89. The Hall–Kier alpha value is -3.04. The molecule has 8 nitrogen and oxygen atoms in total. The molecule has 0 radical (unpaired) electrons. The van der Waals surface area contributed by atoms with Gasteiger partial charge in [-0.3, -0.25) is 14.5 Å². The number of hydrogen-bond donors (Lipinski definition) is 1. The summed E-state index contributed by atoms with van der Waals surface area (Å²) >= 11 is 1.48. The van der Waals surface area contributed by atoms with Crippen molar-refractivity contribution in [3.05, 3.63) is 64.6 Å². The number of nitrogens with zero attached hydrogens (tertiary/aromatic N) is 5. The van der Waals surface area contributed by atoms with Gasteiger partial charge in [-0.1, -0.05) is 24.3 Å². The van der Waals surface area contributed by atoms with Crippen LogP contribution in [-0.4, -0.2) is 75.9 Å². The van der Waals surface area contributed by atoms with Crippen molar-refractivity contribution in [3.63, 3.8) is 0 Å². The number of carbonyl (C=O) groups excluding carboxylic acids is 2. The third-order valence-electron chi connectivity index (χ3n) is 4.82. The van der Waals surface area contributed by atoms with Crippen LogP contribution in [0.15, 0.2) is 54.0 Å². The summed E-state index contributed by atoms with van der Waals surface area (Å²) in [7, 11) is 0. The van der Waals surface area contributed by atoms with Crippen LogP contribution >= 0.6 is 11.3 Å². The minimum absolute atomic E-state index is 0.106. The van der Waals surface area contributed by atoms with Crippen molar-refractivity contribution < 1.29 is 9.59 Å². The molecule has 29 heavy (non-hydrogen) atoms. The second-order valence-corrected chi connectivity index (χ2v) is 7.67. The summed E-state index contributed by atoms with van der Waals surface area (Å²) in [5.41, 5.74) is 1.10. The van der Waals surface area contributed by atoms with Crippen LogP contribution in [-0.2, 0) is 0 Å².